The summed E-state index contributed by atoms with van der Waals surface area (Å²) in [6.45, 7) is 5.65. The van der Waals surface area contributed by atoms with Crippen molar-refractivity contribution in [2.24, 2.45) is 11.8 Å². The summed E-state index contributed by atoms with van der Waals surface area (Å²) >= 11 is 3.41. The Bertz CT molecular complexity index is 506. The highest BCUT2D eigenvalue weighted by molar-refractivity contribution is 9.10. The van der Waals surface area contributed by atoms with Crippen LogP contribution in [0.2, 0.25) is 0 Å². The van der Waals surface area contributed by atoms with Gasteiger partial charge in [-0.15, -0.1) is 0 Å². The number of piperidine rings is 2. The molecule has 0 bridgehead atoms. The summed E-state index contributed by atoms with van der Waals surface area (Å²) in [5, 5.41) is 6.47. The van der Waals surface area contributed by atoms with Gasteiger partial charge < -0.3 is 15.5 Å². The molecule has 1 amide bonds. The Hall–Kier alpha value is -0.910. The second-order valence-electron chi connectivity index (χ2n) is 6.76. The van der Waals surface area contributed by atoms with E-state index in [0.29, 0.717) is 0 Å². The number of nitrogens with zero attached hydrogens (tertiary/aromatic N) is 1. The van der Waals surface area contributed by atoms with E-state index in [1.807, 2.05) is 24.3 Å². The van der Waals surface area contributed by atoms with Crippen LogP contribution < -0.4 is 10.6 Å². The summed E-state index contributed by atoms with van der Waals surface area (Å²) < 4.78 is 1.03. The Morgan fingerprint density at radius 3 is 2.43 bits per heavy atom. The predicted molar refractivity (Wildman–Crippen MR) is 97.5 cm³/mol. The maximum Gasteiger partial charge on any atom is 0.227 e. The predicted octanol–water partition coefficient (Wildman–Crippen LogP) is 3.10. The third-order valence-corrected chi connectivity index (χ3v) is 5.57. The first-order valence-corrected chi connectivity index (χ1v) is 9.49. The number of halogens is 1. The van der Waals surface area contributed by atoms with Gasteiger partial charge in [-0.1, -0.05) is 15.9 Å². The minimum atomic E-state index is 0.155. The largest absolute Gasteiger partial charge is 0.326 e. The van der Waals surface area contributed by atoms with Crippen LogP contribution in [0.25, 0.3) is 0 Å². The first-order valence-electron chi connectivity index (χ1n) is 8.70. The Labute approximate surface area is 147 Å². The van der Waals surface area contributed by atoms with E-state index in [4.69, 9.17) is 0 Å². The number of hydrogen-bond acceptors (Lipinski definition) is 3. The van der Waals surface area contributed by atoms with Gasteiger partial charge in [-0.05, 0) is 82.0 Å². The quantitative estimate of drug-likeness (QED) is 0.844. The molecular weight excluding hydrogens is 354 g/mol. The number of carbonyl (C=O) groups excluding carboxylic acids is 1. The lowest BCUT2D eigenvalue weighted by atomic mass is 9.93. The molecule has 0 spiro atoms. The summed E-state index contributed by atoms with van der Waals surface area (Å²) in [4.78, 5) is 15.0. The molecule has 126 valence electrons. The molecule has 2 aliphatic heterocycles. The molecule has 0 aromatic heterocycles. The molecule has 0 unspecified atom stereocenters. The maximum atomic E-state index is 12.4. The number of amides is 1. The van der Waals surface area contributed by atoms with Gasteiger partial charge in [-0.3, -0.25) is 4.79 Å². The van der Waals surface area contributed by atoms with Crippen molar-refractivity contribution >= 4 is 27.5 Å². The van der Waals surface area contributed by atoms with Crippen molar-refractivity contribution in [1.29, 1.82) is 0 Å². The number of hydrogen-bond donors (Lipinski definition) is 2. The fourth-order valence-electron chi connectivity index (χ4n) is 3.58. The van der Waals surface area contributed by atoms with Crippen molar-refractivity contribution in [1.82, 2.24) is 10.2 Å². The molecule has 4 nitrogen and oxygen atoms in total. The summed E-state index contributed by atoms with van der Waals surface area (Å²) in [5.41, 5.74) is 0.885. The molecule has 2 heterocycles. The van der Waals surface area contributed by atoms with Crippen molar-refractivity contribution in [3.8, 4) is 0 Å². The Morgan fingerprint density at radius 2 is 1.78 bits per heavy atom. The SMILES string of the molecule is O=C(Nc1ccc(Br)cc1)C1CCN(CC2CCNCC2)CC1. The van der Waals surface area contributed by atoms with Crippen molar-refractivity contribution < 1.29 is 4.79 Å². The molecule has 2 fully saturated rings. The van der Waals surface area contributed by atoms with Crippen LogP contribution in [0.3, 0.4) is 0 Å². The third-order valence-electron chi connectivity index (χ3n) is 5.05. The molecule has 1 aromatic carbocycles. The number of anilines is 1. The van der Waals surface area contributed by atoms with E-state index < -0.39 is 0 Å². The molecule has 0 atom stereocenters. The van der Waals surface area contributed by atoms with Crippen molar-refractivity contribution in [3.05, 3.63) is 28.7 Å². The van der Waals surface area contributed by atoms with E-state index in [-0.39, 0.29) is 11.8 Å². The highest BCUT2D eigenvalue weighted by atomic mass is 79.9. The van der Waals surface area contributed by atoms with Gasteiger partial charge in [0, 0.05) is 22.6 Å². The fourth-order valence-corrected chi connectivity index (χ4v) is 3.85. The first kappa shape index (κ1) is 16.9. The smallest absolute Gasteiger partial charge is 0.227 e. The molecule has 3 rings (SSSR count). The molecule has 2 N–H and O–H groups in total. The van der Waals surface area contributed by atoms with E-state index >= 15 is 0 Å². The van der Waals surface area contributed by atoms with Crippen LogP contribution in [0.15, 0.2) is 28.7 Å². The van der Waals surface area contributed by atoms with Gasteiger partial charge in [0.2, 0.25) is 5.91 Å². The van der Waals surface area contributed by atoms with E-state index in [1.165, 1.54) is 19.4 Å². The van der Waals surface area contributed by atoms with Crippen LogP contribution in [-0.2, 0) is 4.79 Å². The van der Waals surface area contributed by atoms with Gasteiger partial charge in [0.1, 0.15) is 0 Å². The van der Waals surface area contributed by atoms with Gasteiger partial charge in [0.15, 0.2) is 0 Å². The van der Waals surface area contributed by atoms with Gasteiger partial charge in [-0.25, -0.2) is 0 Å². The van der Waals surface area contributed by atoms with E-state index in [9.17, 15) is 4.79 Å². The number of benzene rings is 1. The van der Waals surface area contributed by atoms with Crippen LogP contribution in [0.5, 0.6) is 0 Å². The number of rotatable bonds is 4. The highest BCUT2D eigenvalue weighted by Gasteiger charge is 2.26. The highest BCUT2D eigenvalue weighted by Crippen LogP contribution is 2.22. The molecular formula is C18H26BrN3O. The average Bonchev–Trinajstić information content (AvgIpc) is 2.58. The molecule has 23 heavy (non-hydrogen) atoms. The average molecular weight is 380 g/mol. The van der Waals surface area contributed by atoms with E-state index in [1.54, 1.807) is 0 Å². The molecule has 0 radical (unpaired) electrons. The van der Waals surface area contributed by atoms with Crippen molar-refractivity contribution in [2.45, 2.75) is 25.7 Å². The lowest BCUT2D eigenvalue weighted by molar-refractivity contribution is -0.121. The van der Waals surface area contributed by atoms with Crippen LogP contribution in [0.1, 0.15) is 25.7 Å². The second-order valence-corrected chi connectivity index (χ2v) is 7.68. The lowest BCUT2D eigenvalue weighted by Crippen LogP contribution is -2.42. The summed E-state index contributed by atoms with van der Waals surface area (Å²) in [5.74, 6) is 1.17. The van der Waals surface area contributed by atoms with Crippen LogP contribution in [0.4, 0.5) is 5.69 Å². The van der Waals surface area contributed by atoms with Gasteiger partial charge >= 0.3 is 0 Å². The summed E-state index contributed by atoms with van der Waals surface area (Å²) in [7, 11) is 0. The monoisotopic (exact) mass is 379 g/mol. The molecule has 2 saturated heterocycles. The Balaban J connectivity index is 1.42. The number of carbonyl (C=O) groups is 1. The van der Waals surface area contributed by atoms with E-state index in [0.717, 1.165) is 55.1 Å². The van der Waals surface area contributed by atoms with Crippen LogP contribution >= 0.6 is 15.9 Å². The standard InChI is InChI=1S/C18H26BrN3O/c19-16-1-3-17(4-2-16)21-18(23)15-7-11-22(12-8-15)13-14-5-9-20-10-6-14/h1-4,14-15,20H,5-13H2,(H,21,23). The van der Waals surface area contributed by atoms with Crippen molar-refractivity contribution in [2.75, 3.05) is 38.0 Å². The fraction of sp³-hybridized carbons (Fsp3) is 0.611. The molecule has 0 saturated carbocycles. The zero-order valence-electron chi connectivity index (χ0n) is 13.6. The topological polar surface area (TPSA) is 44.4 Å². The zero-order chi connectivity index (χ0) is 16.1. The second kappa shape index (κ2) is 8.27. The number of likely N-dealkylation sites (tertiary alicyclic amines) is 1. The lowest BCUT2D eigenvalue weighted by Gasteiger charge is -2.35. The minimum absolute atomic E-state index is 0.155. The van der Waals surface area contributed by atoms with Gasteiger partial charge in [0.25, 0.3) is 0 Å². The first-order chi connectivity index (χ1) is 11.2. The van der Waals surface area contributed by atoms with Crippen molar-refractivity contribution in [3.63, 3.8) is 0 Å². The third kappa shape index (κ3) is 5.03. The Kier molecular flexibility index (Phi) is 6.08. The molecule has 5 heteroatoms. The van der Waals surface area contributed by atoms with E-state index in [2.05, 4.69) is 31.5 Å². The van der Waals surface area contributed by atoms with Crippen LogP contribution in [0, 0.1) is 11.8 Å². The zero-order valence-corrected chi connectivity index (χ0v) is 15.1. The minimum Gasteiger partial charge on any atom is -0.326 e. The van der Waals surface area contributed by atoms with Gasteiger partial charge in [-0.2, -0.15) is 0 Å². The molecule has 1 aromatic rings. The molecule has 2 aliphatic rings. The summed E-state index contributed by atoms with van der Waals surface area (Å²) in [6, 6.07) is 7.79. The number of nitrogens with one attached hydrogen (secondary N) is 2. The van der Waals surface area contributed by atoms with Gasteiger partial charge in [0.05, 0.1) is 0 Å². The Morgan fingerprint density at radius 1 is 1.13 bits per heavy atom. The van der Waals surface area contributed by atoms with Crippen LogP contribution in [-0.4, -0.2) is 43.5 Å². The summed E-state index contributed by atoms with van der Waals surface area (Å²) in [6.07, 6.45) is 4.55. The normalized spacial score (nSPS) is 21.3. The molecule has 0 aliphatic carbocycles. The maximum absolute atomic E-state index is 12.4.